The zero-order chi connectivity index (χ0) is 28.3. The van der Waals surface area contributed by atoms with Gasteiger partial charge in [-0.05, 0) is 42.7 Å². The molecule has 0 saturated heterocycles. The van der Waals surface area contributed by atoms with E-state index in [9.17, 15) is 0 Å². The predicted molar refractivity (Wildman–Crippen MR) is 163 cm³/mol. The molecule has 4 heteroatoms. The third-order valence-corrected chi connectivity index (χ3v) is 8.05. The van der Waals surface area contributed by atoms with Crippen molar-refractivity contribution < 1.29 is 26.4 Å². The first kappa shape index (κ1) is 34.2. The zero-order valence-corrected chi connectivity index (χ0v) is 24.6. The van der Waals surface area contributed by atoms with Crippen LogP contribution in [0.4, 0.5) is 0 Å². The third-order valence-electron chi connectivity index (χ3n) is 5.58. The van der Waals surface area contributed by atoms with Crippen molar-refractivity contribution in [3.8, 4) is 0 Å². The second kappa shape index (κ2) is 20.1. The van der Waals surface area contributed by atoms with Crippen molar-refractivity contribution in [3.63, 3.8) is 0 Å². The predicted octanol–water partition coefficient (Wildman–Crippen LogP) is 8.42. The maximum absolute atomic E-state index is 7.50. The first-order chi connectivity index (χ1) is 19.2. The van der Waals surface area contributed by atoms with E-state index >= 15 is 0 Å². The summed E-state index contributed by atoms with van der Waals surface area (Å²) in [5, 5.41) is 3.90. The van der Waals surface area contributed by atoms with Crippen molar-refractivity contribution in [2.24, 2.45) is 0 Å². The van der Waals surface area contributed by atoms with Crippen LogP contribution in [-0.4, -0.2) is 0 Å². The summed E-state index contributed by atoms with van der Waals surface area (Å²) in [4.78, 5) is 0. The molecule has 5 aromatic carbocycles. The molecule has 0 unspecified atom stereocenters. The van der Waals surface area contributed by atoms with Gasteiger partial charge in [-0.15, -0.1) is 5.73 Å². The average Bonchev–Trinajstić information content (AvgIpc) is 3.50. The monoisotopic (exact) mass is 580 g/mol. The molecule has 0 saturated carbocycles. The Hall–Kier alpha value is -3.82. The van der Waals surface area contributed by atoms with E-state index in [1.807, 2.05) is 12.1 Å². The standard InChI is InChI=1S/C28H23P.C6H7.2CO.Mn/c1-23-17-19-24(20-18-23)21-22-28(25-11-5-2-6-12-25)29(26-13-7-3-8-14-26)27-15-9-4-10-16-27;1-6-4-2-3-5-6;2*1-2;/h2-21H,1H3;2-5H,1H3;;;/q;-1;;;. The van der Waals surface area contributed by atoms with Gasteiger partial charge >= 0.3 is 22.6 Å². The molecule has 0 aliphatic carbocycles. The van der Waals surface area contributed by atoms with Gasteiger partial charge in [0.25, 0.3) is 0 Å². The fraction of sp³-hybridized carbons (Fsp3) is 0.0556. The van der Waals surface area contributed by atoms with E-state index in [2.05, 4.69) is 166 Å². The second-order valence-corrected chi connectivity index (χ2v) is 10.5. The SMILES string of the molecule is Cc1ccc(C=C=C(c2ccccc2)P(c2ccccc2)c2ccccc2)cc1.Cc1ccc[cH-]1.[C-]#[O+].[C-]#[O+].[Mn]. The number of aryl methyl sites for hydroxylation is 2. The van der Waals surface area contributed by atoms with Gasteiger partial charge in [-0.25, -0.2) is 12.1 Å². The van der Waals surface area contributed by atoms with Crippen LogP contribution in [-0.2, 0) is 26.4 Å². The minimum Gasteiger partial charge on any atom is 0 e. The van der Waals surface area contributed by atoms with Crippen molar-refractivity contribution in [2.75, 3.05) is 0 Å². The van der Waals surface area contributed by atoms with Gasteiger partial charge in [-0.3, -0.25) is 0 Å². The van der Waals surface area contributed by atoms with E-state index in [-0.39, 0.29) is 17.1 Å². The molecule has 0 aromatic heterocycles. The Morgan fingerprint density at radius 1 is 0.650 bits per heavy atom. The number of rotatable bonds is 5. The molecule has 5 aromatic rings. The van der Waals surface area contributed by atoms with Crippen LogP contribution in [0.25, 0.3) is 11.4 Å². The largest absolute Gasteiger partial charge is 0 e. The molecule has 40 heavy (non-hydrogen) atoms. The molecular formula is C36H30MnO2P-. The Bertz CT molecular complexity index is 1400. The summed E-state index contributed by atoms with van der Waals surface area (Å²) in [6.45, 7) is 13.2. The summed E-state index contributed by atoms with van der Waals surface area (Å²) in [7, 11) is -0.719. The van der Waals surface area contributed by atoms with Gasteiger partial charge in [0.1, 0.15) is 0 Å². The van der Waals surface area contributed by atoms with E-state index in [0.29, 0.717) is 0 Å². The Labute approximate surface area is 250 Å². The average molecular weight is 581 g/mol. The summed E-state index contributed by atoms with van der Waals surface area (Å²) in [5.74, 6) is 0. The molecule has 5 rings (SSSR count). The van der Waals surface area contributed by atoms with Gasteiger partial charge < -0.3 is 0 Å². The van der Waals surface area contributed by atoms with Crippen LogP contribution in [0, 0.1) is 27.1 Å². The number of hydrogen-bond acceptors (Lipinski definition) is 0. The molecular weight excluding hydrogens is 550 g/mol. The molecule has 1 radical (unpaired) electrons. The molecule has 0 N–H and O–H groups in total. The maximum Gasteiger partial charge on any atom is 0 e. The molecule has 0 heterocycles. The summed E-state index contributed by atoms with van der Waals surface area (Å²) in [5.41, 5.74) is 8.68. The zero-order valence-electron chi connectivity index (χ0n) is 22.5. The summed E-state index contributed by atoms with van der Waals surface area (Å²) in [6, 6.07) is 49.1. The fourth-order valence-electron chi connectivity index (χ4n) is 3.72. The van der Waals surface area contributed by atoms with E-state index in [0.717, 1.165) is 0 Å². The van der Waals surface area contributed by atoms with Gasteiger partial charge in [-0.2, -0.15) is 17.7 Å². The topological polar surface area (TPSA) is 39.8 Å². The minimum absolute atomic E-state index is 0. The summed E-state index contributed by atoms with van der Waals surface area (Å²) < 4.78 is 15.0. The Balaban J connectivity index is 0.000000628. The molecule has 0 fully saturated rings. The van der Waals surface area contributed by atoms with Gasteiger partial charge in [-0.1, -0.05) is 128 Å². The van der Waals surface area contributed by atoms with Crippen molar-refractivity contribution in [2.45, 2.75) is 13.8 Å². The first-order valence-corrected chi connectivity index (χ1v) is 13.6. The Morgan fingerprint density at radius 2 is 1.12 bits per heavy atom. The molecule has 0 aliphatic rings. The molecule has 0 bridgehead atoms. The van der Waals surface area contributed by atoms with Gasteiger partial charge in [0, 0.05) is 22.4 Å². The number of benzene rings is 4. The normalized spacial score (nSPS) is 8.97. The van der Waals surface area contributed by atoms with Crippen LogP contribution < -0.4 is 10.6 Å². The molecule has 0 spiro atoms. The maximum atomic E-state index is 7.50. The molecule has 2 nitrogen and oxygen atoms in total. The van der Waals surface area contributed by atoms with Crippen molar-refractivity contribution in [3.05, 3.63) is 181 Å². The van der Waals surface area contributed by atoms with Gasteiger partial charge in [0.15, 0.2) is 0 Å². The van der Waals surface area contributed by atoms with Crippen LogP contribution in [0.15, 0.2) is 145 Å². The van der Waals surface area contributed by atoms with Crippen molar-refractivity contribution >= 4 is 29.9 Å². The van der Waals surface area contributed by atoms with Crippen LogP contribution in [0.1, 0.15) is 22.3 Å². The van der Waals surface area contributed by atoms with E-state index in [4.69, 9.17) is 9.30 Å². The summed E-state index contributed by atoms with van der Waals surface area (Å²) >= 11 is 0. The molecule has 0 atom stereocenters. The van der Waals surface area contributed by atoms with Crippen LogP contribution >= 0.6 is 7.92 Å². The fourth-order valence-corrected chi connectivity index (χ4v) is 6.08. The molecule has 0 amide bonds. The Kier molecular flexibility index (Phi) is 17.2. The van der Waals surface area contributed by atoms with Crippen LogP contribution in [0.3, 0.4) is 0 Å². The number of hydrogen-bond donors (Lipinski definition) is 0. The van der Waals surface area contributed by atoms with Crippen molar-refractivity contribution in [1.29, 1.82) is 0 Å². The first-order valence-electron chi connectivity index (χ1n) is 12.3. The quantitative estimate of drug-likeness (QED) is 0.0659. The van der Waals surface area contributed by atoms with E-state index in [1.54, 1.807) is 0 Å². The molecule has 199 valence electrons. The van der Waals surface area contributed by atoms with Gasteiger partial charge in [0.05, 0.1) is 0 Å². The van der Waals surface area contributed by atoms with Crippen LogP contribution in [0.2, 0.25) is 0 Å². The van der Waals surface area contributed by atoms with E-state index in [1.165, 1.54) is 38.2 Å². The van der Waals surface area contributed by atoms with Gasteiger partial charge in [0.2, 0.25) is 0 Å². The molecule has 0 aliphatic heterocycles. The smallest absolute Gasteiger partial charge is 0 e. The second-order valence-electron chi connectivity index (χ2n) is 8.38. The minimum atomic E-state index is -0.719. The van der Waals surface area contributed by atoms with E-state index < -0.39 is 7.92 Å². The Morgan fingerprint density at radius 3 is 1.52 bits per heavy atom. The van der Waals surface area contributed by atoms with Crippen LogP contribution in [0.5, 0.6) is 0 Å². The summed E-state index contributed by atoms with van der Waals surface area (Å²) in [6.07, 6.45) is 2.11. The van der Waals surface area contributed by atoms with Crippen molar-refractivity contribution in [1.82, 2.24) is 0 Å². The third kappa shape index (κ3) is 11.1.